The predicted octanol–water partition coefficient (Wildman–Crippen LogP) is 0.805. The Labute approximate surface area is 72.8 Å². The molecule has 1 fully saturated rings. The van der Waals surface area contributed by atoms with Crippen LogP contribution in [0.3, 0.4) is 0 Å². The summed E-state index contributed by atoms with van der Waals surface area (Å²) in [5.74, 6) is 0.677. The van der Waals surface area contributed by atoms with Gasteiger partial charge in [0.05, 0.1) is 5.69 Å². The highest BCUT2D eigenvalue weighted by molar-refractivity contribution is 5.15. The SMILES string of the molecule is Cc1cc(C2CCNC2)n(C)n1. The largest absolute Gasteiger partial charge is 0.316 e. The molecule has 1 atom stereocenters. The Morgan fingerprint density at radius 3 is 3.00 bits per heavy atom. The average molecular weight is 165 g/mol. The molecular weight excluding hydrogens is 150 g/mol. The fraction of sp³-hybridized carbons (Fsp3) is 0.667. The van der Waals surface area contributed by atoms with Crippen LogP contribution in [0.5, 0.6) is 0 Å². The van der Waals surface area contributed by atoms with Crippen LogP contribution in [-0.4, -0.2) is 22.9 Å². The summed E-state index contributed by atoms with van der Waals surface area (Å²) in [5, 5.41) is 7.71. The quantitative estimate of drug-likeness (QED) is 0.667. The maximum absolute atomic E-state index is 4.34. The molecule has 0 aliphatic carbocycles. The van der Waals surface area contributed by atoms with Gasteiger partial charge < -0.3 is 5.32 Å². The number of hydrogen-bond acceptors (Lipinski definition) is 2. The second-order valence-electron chi connectivity index (χ2n) is 3.52. The molecule has 2 heterocycles. The maximum atomic E-state index is 4.34. The standard InChI is InChI=1S/C9H15N3/c1-7-5-9(12(2)11-7)8-3-4-10-6-8/h5,8,10H,3-4,6H2,1-2H3. The number of aryl methyl sites for hydroxylation is 2. The third-order valence-electron chi connectivity index (χ3n) is 2.52. The molecule has 1 saturated heterocycles. The van der Waals surface area contributed by atoms with E-state index in [1.807, 2.05) is 18.7 Å². The van der Waals surface area contributed by atoms with E-state index < -0.39 is 0 Å². The summed E-state index contributed by atoms with van der Waals surface area (Å²) in [6.07, 6.45) is 1.25. The monoisotopic (exact) mass is 165 g/mol. The number of aromatic nitrogens is 2. The van der Waals surface area contributed by atoms with E-state index in [0.29, 0.717) is 5.92 Å². The highest BCUT2D eigenvalue weighted by Crippen LogP contribution is 2.21. The Kier molecular flexibility index (Phi) is 1.89. The van der Waals surface area contributed by atoms with Crippen LogP contribution in [0.2, 0.25) is 0 Å². The Bertz CT molecular complexity index is 271. The fourth-order valence-corrected chi connectivity index (χ4v) is 1.92. The van der Waals surface area contributed by atoms with E-state index in [0.717, 1.165) is 18.8 Å². The molecule has 3 nitrogen and oxygen atoms in total. The zero-order valence-electron chi connectivity index (χ0n) is 7.67. The highest BCUT2D eigenvalue weighted by Gasteiger charge is 2.19. The van der Waals surface area contributed by atoms with Crippen molar-refractivity contribution in [2.75, 3.05) is 13.1 Å². The molecule has 0 radical (unpaired) electrons. The van der Waals surface area contributed by atoms with E-state index >= 15 is 0 Å². The first kappa shape index (κ1) is 7.80. The van der Waals surface area contributed by atoms with Gasteiger partial charge in [0, 0.05) is 25.2 Å². The third kappa shape index (κ3) is 1.25. The molecular formula is C9H15N3. The summed E-state index contributed by atoms with van der Waals surface area (Å²) in [5.41, 5.74) is 2.50. The zero-order chi connectivity index (χ0) is 8.55. The summed E-state index contributed by atoms with van der Waals surface area (Å²) in [6, 6.07) is 2.19. The van der Waals surface area contributed by atoms with Crippen LogP contribution in [0.25, 0.3) is 0 Å². The first-order valence-electron chi connectivity index (χ1n) is 4.48. The molecule has 0 amide bonds. The Hall–Kier alpha value is -0.830. The summed E-state index contributed by atoms with van der Waals surface area (Å²) >= 11 is 0. The van der Waals surface area contributed by atoms with Gasteiger partial charge in [-0.1, -0.05) is 0 Å². The van der Waals surface area contributed by atoms with Crippen LogP contribution in [0.15, 0.2) is 6.07 Å². The van der Waals surface area contributed by atoms with Crippen LogP contribution in [0.4, 0.5) is 0 Å². The lowest BCUT2D eigenvalue weighted by Gasteiger charge is -2.07. The lowest BCUT2D eigenvalue weighted by Crippen LogP contribution is -2.10. The van der Waals surface area contributed by atoms with Gasteiger partial charge in [-0.2, -0.15) is 5.10 Å². The highest BCUT2D eigenvalue weighted by atomic mass is 15.3. The van der Waals surface area contributed by atoms with Crippen LogP contribution in [-0.2, 0) is 7.05 Å². The number of hydrogen-bond donors (Lipinski definition) is 1. The van der Waals surface area contributed by atoms with Gasteiger partial charge in [0.25, 0.3) is 0 Å². The van der Waals surface area contributed by atoms with Crippen molar-refractivity contribution in [3.05, 3.63) is 17.5 Å². The molecule has 2 rings (SSSR count). The zero-order valence-corrected chi connectivity index (χ0v) is 7.67. The summed E-state index contributed by atoms with van der Waals surface area (Å²) < 4.78 is 2.01. The molecule has 1 unspecified atom stereocenters. The van der Waals surface area contributed by atoms with E-state index in [4.69, 9.17) is 0 Å². The van der Waals surface area contributed by atoms with Crippen LogP contribution < -0.4 is 5.32 Å². The van der Waals surface area contributed by atoms with Gasteiger partial charge in [-0.15, -0.1) is 0 Å². The molecule has 3 heteroatoms. The molecule has 66 valence electrons. The maximum Gasteiger partial charge on any atom is 0.0596 e. The van der Waals surface area contributed by atoms with Crippen LogP contribution in [0, 0.1) is 6.92 Å². The Morgan fingerprint density at radius 1 is 1.67 bits per heavy atom. The van der Waals surface area contributed by atoms with Crippen LogP contribution >= 0.6 is 0 Å². The van der Waals surface area contributed by atoms with Crippen LogP contribution in [0.1, 0.15) is 23.7 Å². The van der Waals surface area contributed by atoms with Crippen molar-refractivity contribution in [1.82, 2.24) is 15.1 Å². The van der Waals surface area contributed by atoms with Crippen molar-refractivity contribution in [1.29, 1.82) is 0 Å². The molecule has 1 aromatic rings. The molecule has 0 saturated carbocycles. The summed E-state index contributed by atoms with van der Waals surface area (Å²) in [4.78, 5) is 0. The van der Waals surface area contributed by atoms with Gasteiger partial charge in [-0.05, 0) is 26.0 Å². The van der Waals surface area contributed by atoms with Gasteiger partial charge >= 0.3 is 0 Å². The van der Waals surface area contributed by atoms with E-state index in [1.54, 1.807) is 0 Å². The van der Waals surface area contributed by atoms with Crippen molar-refractivity contribution in [3.8, 4) is 0 Å². The third-order valence-corrected chi connectivity index (χ3v) is 2.52. The van der Waals surface area contributed by atoms with E-state index in [-0.39, 0.29) is 0 Å². The molecule has 1 aromatic heterocycles. The first-order valence-corrected chi connectivity index (χ1v) is 4.48. The molecule has 12 heavy (non-hydrogen) atoms. The molecule has 1 N–H and O–H groups in total. The Morgan fingerprint density at radius 2 is 2.50 bits per heavy atom. The topological polar surface area (TPSA) is 29.9 Å². The average Bonchev–Trinajstić information content (AvgIpc) is 2.58. The smallest absolute Gasteiger partial charge is 0.0596 e. The van der Waals surface area contributed by atoms with Gasteiger partial charge in [-0.25, -0.2) is 0 Å². The first-order chi connectivity index (χ1) is 5.77. The molecule has 0 bridgehead atoms. The molecule has 0 spiro atoms. The van der Waals surface area contributed by atoms with E-state index in [1.165, 1.54) is 12.1 Å². The minimum Gasteiger partial charge on any atom is -0.316 e. The van der Waals surface area contributed by atoms with Gasteiger partial charge in [-0.3, -0.25) is 4.68 Å². The normalized spacial score (nSPS) is 23.3. The van der Waals surface area contributed by atoms with Gasteiger partial charge in [0.1, 0.15) is 0 Å². The molecule has 1 aliphatic heterocycles. The van der Waals surface area contributed by atoms with E-state index in [9.17, 15) is 0 Å². The van der Waals surface area contributed by atoms with Crippen molar-refractivity contribution >= 4 is 0 Å². The fourth-order valence-electron chi connectivity index (χ4n) is 1.92. The number of nitrogens with zero attached hydrogens (tertiary/aromatic N) is 2. The van der Waals surface area contributed by atoms with Crippen molar-refractivity contribution in [2.45, 2.75) is 19.3 Å². The minimum atomic E-state index is 0.677. The second kappa shape index (κ2) is 2.90. The minimum absolute atomic E-state index is 0.677. The lowest BCUT2D eigenvalue weighted by molar-refractivity contribution is 0.635. The van der Waals surface area contributed by atoms with E-state index in [2.05, 4.69) is 16.5 Å². The van der Waals surface area contributed by atoms with Crippen molar-refractivity contribution in [3.63, 3.8) is 0 Å². The second-order valence-corrected chi connectivity index (χ2v) is 3.52. The number of rotatable bonds is 1. The van der Waals surface area contributed by atoms with Gasteiger partial charge in [0.15, 0.2) is 0 Å². The van der Waals surface area contributed by atoms with Gasteiger partial charge in [0.2, 0.25) is 0 Å². The Balaban J connectivity index is 2.25. The van der Waals surface area contributed by atoms with Crippen molar-refractivity contribution < 1.29 is 0 Å². The summed E-state index contributed by atoms with van der Waals surface area (Å²) in [6.45, 7) is 4.31. The number of nitrogens with one attached hydrogen (secondary N) is 1. The summed E-state index contributed by atoms with van der Waals surface area (Å²) in [7, 11) is 2.03. The van der Waals surface area contributed by atoms with Crippen molar-refractivity contribution in [2.24, 2.45) is 7.05 Å². The lowest BCUT2D eigenvalue weighted by atomic mass is 10.0. The molecule has 0 aromatic carbocycles. The predicted molar refractivity (Wildman–Crippen MR) is 48.2 cm³/mol. The molecule has 1 aliphatic rings.